The summed E-state index contributed by atoms with van der Waals surface area (Å²) in [5.41, 5.74) is 8.15. The number of hydrogen-bond donors (Lipinski definition) is 1. The van der Waals surface area contributed by atoms with Gasteiger partial charge in [-0.15, -0.1) is 0 Å². The molecular weight excluding hydrogens is 244 g/mol. The van der Waals surface area contributed by atoms with Crippen LogP contribution >= 0.6 is 0 Å². The lowest BCUT2D eigenvalue weighted by Crippen LogP contribution is -2.42. The number of nitrogens with two attached hydrogens (primary N) is 1. The number of hydrogen-bond acceptors (Lipinski definition) is 1. The van der Waals surface area contributed by atoms with Crippen LogP contribution in [0.25, 0.3) is 0 Å². The molecule has 0 spiro atoms. The summed E-state index contributed by atoms with van der Waals surface area (Å²) in [6, 6.07) is 8.18. The molecular formula is C16H23F2N. The van der Waals surface area contributed by atoms with Crippen LogP contribution in [0.1, 0.15) is 56.6 Å². The van der Waals surface area contributed by atoms with Gasteiger partial charge >= 0.3 is 0 Å². The number of benzene rings is 1. The predicted octanol–water partition coefficient (Wildman–Crippen LogP) is 4.22. The Labute approximate surface area is 114 Å². The average Bonchev–Trinajstić information content (AvgIpc) is 2.39. The first-order valence-electron chi connectivity index (χ1n) is 7.07. The highest BCUT2D eigenvalue weighted by Gasteiger charge is 2.44. The van der Waals surface area contributed by atoms with Crippen LogP contribution in [0.4, 0.5) is 8.78 Å². The van der Waals surface area contributed by atoms with E-state index in [4.69, 9.17) is 5.73 Å². The van der Waals surface area contributed by atoms with Crippen LogP contribution in [-0.2, 0) is 5.41 Å². The zero-order valence-electron chi connectivity index (χ0n) is 11.8. The molecule has 1 aromatic rings. The van der Waals surface area contributed by atoms with E-state index in [1.165, 1.54) is 11.1 Å². The summed E-state index contributed by atoms with van der Waals surface area (Å²) in [5, 5.41) is 0. The molecule has 19 heavy (non-hydrogen) atoms. The Kier molecular flexibility index (Phi) is 3.95. The third-order valence-corrected chi connectivity index (χ3v) is 4.48. The van der Waals surface area contributed by atoms with Gasteiger partial charge < -0.3 is 5.73 Å². The van der Waals surface area contributed by atoms with Gasteiger partial charge in [-0.3, -0.25) is 0 Å². The van der Waals surface area contributed by atoms with E-state index in [2.05, 4.69) is 26.0 Å². The second-order valence-corrected chi connectivity index (χ2v) is 6.08. The Morgan fingerprint density at radius 3 is 2.21 bits per heavy atom. The normalized spacial score (nSPS) is 21.6. The first-order valence-corrected chi connectivity index (χ1v) is 7.07. The van der Waals surface area contributed by atoms with Crippen molar-refractivity contribution in [1.29, 1.82) is 0 Å². The second-order valence-electron chi connectivity index (χ2n) is 6.08. The van der Waals surface area contributed by atoms with Crippen LogP contribution < -0.4 is 5.73 Å². The minimum Gasteiger partial charge on any atom is -0.330 e. The Morgan fingerprint density at radius 1 is 1.11 bits per heavy atom. The summed E-state index contributed by atoms with van der Waals surface area (Å²) in [5.74, 6) is -2.12. The van der Waals surface area contributed by atoms with Gasteiger partial charge in [0.15, 0.2) is 0 Å². The van der Waals surface area contributed by atoms with E-state index < -0.39 is 5.92 Å². The quantitative estimate of drug-likeness (QED) is 0.872. The molecule has 0 amide bonds. The minimum absolute atomic E-state index is 0.0450. The topological polar surface area (TPSA) is 26.0 Å². The number of rotatable bonds is 3. The van der Waals surface area contributed by atoms with Crippen molar-refractivity contribution >= 4 is 0 Å². The molecule has 0 atom stereocenters. The van der Waals surface area contributed by atoms with E-state index in [0.717, 1.165) is 0 Å². The monoisotopic (exact) mass is 267 g/mol. The molecule has 1 nitrogen and oxygen atoms in total. The van der Waals surface area contributed by atoms with Gasteiger partial charge in [0.1, 0.15) is 0 Å². The molecule has 1 aliphatic carbocycles. The highest BCUT2D eigenvalue weighted by molar-refractivity contribution is 5.37. The Hall–Kier alpha value is -0.960. The molecule has 0 aromatic heterocycles. The zero-order chi connectivity index (χ0) is 14.1. The van der Waals surface area contributed by atoms with Crippen LogP contribution in [0.15, 0.2) is 24.3 Å². The van der Waals surface area contributed by atoms with Gasteiger partial charge in [0, 0.05) is 24.8 Å². The Bertz CT molecular complexity index is 430. The number of alkyl halides is 2. The van der Waals surface area contributed by atoms with Crippen LogP contribution in [0.5, 0.6) is 0 Å². The van der Waals surface area contributed by atoms with Crippen molar-refractivity contribution in [2.75, 3.05) is 6.54 Å². The molecule has 3 heteroatoms. The van der Waals surface area contributed by atoms with Crippen molar-refractivity contribution in [3.63, 3.8) is 0 Å². The number of halogens is 2. The van der Waals surface area contributed by atoms with E-state index in [1.54, 1.807) is 0 Å². The van der Waals surface area contributed by atoms with Crippen LogP contribution in [0.2, 0.25) is 0 Å². The van der Waals surface area contributed by atoms with Gasteiger partial charge in [0.05, 0.1) is 0 Å². The summed E-state index contributed by atoms with van der Waals surface area (Å²) in [7, 11) is 0. The second kappa shape index (κ2) is 5.20. The molecule has 0 saturated heterocycles. The molecule has 1 aliphatic rings. The maximum absolute atomic E-state index is 13.4. The van der Waals surface area contributed by atoms with Crippen molar-refractivity contribution in [3.8, 4) is 0 Å². The summed E-state index contributed by atoms with van der Waals surface area (Å²) < 4.78 is 26.8. The molecule has 1 fully saturated rings. The van der Waals surface area contributed by atoms with Crippen LogP contribution in [0.3, 0.4) is 0 Å². The maximum atomic E-state index is 13.4. The molecule has 0 aliphatic heterocycles. The first kappa shape index (κ1) is 14.4. The molecule has 0 bridgehead atoms. The molecule has 1 aromatic carbocycles. The van der Waals surface area contributed by atoms with Gasteiger partial charge in [-0.1, -0.05) is 38.1 Å². The highest BCUT2D eigenvalue weighted by Crippen LogP contribution is 2.46. The van der Waals surface area contributed by atoms with Crippen LogP contribution in [-0.4, -0.2) is 12.5 Å². The fourth-order valence-electron chi connectivity index (χ4n) is 3.16. The van der Waals surface area contributed by atoms with Crippen molar-refractivity contribution in [2.24, 2.45) is 5.73 Å². The lowest BCUT2D eigenvalue weighted by atomic mass is 9.66. The maximum Gasteiger partial charge on any atom is 0.248 e. The fourth-order valence-corrected chi connectivity index (χ4v) is 3.16. The lowest BCUT2D eigenvalue weighted by Gasteiger charge is -2.41. The van der Waals surface area contributed by atoms with Crippen molar-refractivity contribution in [1.82, 2.24) is 0 Å². The third kappa shape index (κ3) is 2.81. The van der Waals surface area contributed by atoms with Crippen molar-refractivity contribution in [2.45, 2.75) is 56.8 Å². The van der Waals surface area contributed by atoms with E-state index in [-0.39, 0.29) is 18.3 Å². The fraction of sp³-hybridized carbons (Fsp3) is 0.625. The van der Waals surface area contributed by atoms with E-state index in [9.17, 15) is 8.78 Å². The Balaban J connectivity index is 2.38. The molecule has 2 rings (SSSR count). The molecule has 0 radical (unpaired) electrons. The summed E-state index contributed by atoms with van der Waals surface area (Å²) in [4.78, 5) is 0. The third-order valence-electron chi connectivity index (χ3n) is 4.48. The van der Waals surface area contributed by atoms with Gasteiger partial charge in [-0.2, -0.15) is 0 Å². The van der Waals surface area contributed by atoms with Gasteiger partial charge in [0.2, 0.25) is 5.92 Å². The highest BCUT2D eigenvalue weighted by atomic mass is 19.3. The zero-order valence-corrected chi connectivity index (χ0v) is 11.8. The van der Waals surface area contributed by atoms with Gasteiger partial charge in [-0.05, 0) is 29.9 Å². The summed E-state index contributed by atoms with van der Waals surface area (Å²) in [6.45, 7) is 4.73. The van der Waals surface area contributed by atoms with Gasteiger partial charge in [-0.25, -0.2) is 8.78 Å². The van der Waals surface area contributed by atoms with Crippen molar-refractivity contribution < 1.29 is 8.78 Å². The molecule has 2 N–H and O–H groups in total. The molecule has 106 valence electrons. The smallest absolute Gasteiger partial charge is 0.248 e. The molecule has 1 saturated carbocycles. The molecule has 0 heterocycles. The van der Waals surface area contributed by atoms with Crippen molar-refractivity contribution in [3.05, 3.63) is 35.4 Å². The summed E-state index contributed by atoms with van der Waals surface area (Å²) >= 11 is 0. The predicted molar refractivity (Wildman–Crippen MR) is 74.7 cm³/mol. The minimum atomic E-state index is -2.51. The Morgan fingerprint density at radius 2 is 1.68 bits per heavy atom. The molecule has 0 unspecified atom stereocenters. The SMILES string of the molecule is CC(C)c1ccccc1C1(CN)CCC(F)(F)CC1. The standard InChI is InChI=1S/C16H23F2N/c1-12(2)13-5-3-4-6-14(13)15(11-19)7-9-16(17,18)10-8-15/h3-6,12H,7-11,19H2,1-2H3. The van der Waals surface area contributed by atoms with E-state index >= 15 is 0 Å². The average molecular weight is 267 g/mol. The largest absolute Gasteiger partial charge is 0.330 e. The first-order chi connectivity index (χ1) is 8.90. The summed E-state index contributed by atoms with van der Waals surface area (Å²) in [6.07, 6.45) is 0.883. The lowest BCUT2D eigenvalue weighted by molar-refractivity contribution is -0.0510. The van der Waals surface area contributed by atoms with Crippen LogP contribution in [0, 0.1) is 0 Å². The van der Waals surface area contributed by atoms with E-state index in [0.29, 0.717) is 25.3 Å². The van der Waals surface area contributed by atoms with E-state index in [1.807, 2.05) is 12.1 Å². The van der Waals surface area contributed by atoms with Gasteiger partial charge in [0.25, 0.3) is 0 Å².